The van der Waals surface area contributed by atoms with Gasteiger partial charge in [-0.05, 0) is 23.9 Å². The summed E-state index contributed by atoms with van der Waals surface area (Å²) >= 11 is 1.69. The molecule has 0 saturated heterocycles. The summed E-state index contributed by atoms with van der Waals surface area (Å²) in [6.07, 6.45) is 3.14. The Hall–Kier alpha value is -1.42. The summed E-state index contributed by atoms with van der Waals surface area (Å²) in [6.45, 7) is 0. The minimum Gasteiger partial charge on any atom is -0.292 e. The lowest BCUT2D eigenvalue weighted by Gasteiger charge is -1.95. The van der Waals surface area contributed by atoms with E-state index in [2.05, 4.69) is 11.2 Å². The van der Waals surface area contributed by atoms with E-state index in [1.165, 1.54) is 4.88 Å². The summed E-state index contributed by atoms with van der Waals surface area (Å²) in [7, 11) is 1.82. The van der Waals surface area contributed by atoms with Crippen molar-refractivity contribution < 1.29 is 4.79 Å². The van der Waals surface area contributed by atoms with Crippen molar-refractivity contribution in [2.75, 3.05) is 0 Å². The van der Waals surface area contributed by atoms with Crippen LogP contribution in [0.4, 0.5) is 0 Å². The molecule has 0 aromatic carbocycles. The summed E-state index contributed by atoms with van der Waals surface area (Å²) in [5, 5.41) is 6.11. The van der Waals surface area contributed by atoms with Crippen molar-refractivity contribution in [2.45, 2.75) is 12.8 Å². The van der Waals surface area contributed by atoms with Crippen LogP contribution in [0.2, 0.25) is 0 Å². The van der Waals surface area contributed by atoms with Gasteiger partial charge in [-0.3, -0.25) is 9.48 Å². The highest BCUT2D eigenvalue weighted by Crippen LogP contribution is 2.12. The minimum atomic E-state index is 0.115. The highest BCUT2D eigenvalue weighted by Gasteiger charge is 2.08. The van der Waals surface area contributed by atoms with Crippen molar-refractivity contribution >= 4 is 17.1 Å². The molecule has 2 aromatic rings. The fourth-order valence-electron chi connectivity index (χ4n) is 1.38. The van der Waals surface area contributed by atoms with Crippen LogP contribution < -0.4 is 0 Å². The molecule has 0 fully saturated rings. The van der Waals surface area contributed by atoms with E-state index in [-0.39, 0.29) is 5.78 Å². The number of hydrogen-bond acceptors (Lipinski definition) is 3. The largest absolute Gasteiger partial charge is 0.292 e. The standard InChI is InChI=1S/C11H12N2OS/c1-13-7-6-10(12-13)11(14)5-4-9-3-2-8-15-9/h2-3,6-8H,4-5H2,1H3. The molecule has 2 rings (SSSR count). The monoisotopic (exact) mass is 220 g/mol. The van der Waals surface area contributed by atoms with Gasteiger partial charge in [0.25, 0.3) is 0 Å². The summed E-state index contributed by atoms with van der Waals surface area (Å²) < 4.78 is 1.65. The summed E-state index contributed by atoms with van der Waals surface area (Å²) in [6, 6.07) is 5.82. The lowest BCUT2D eigenvalue weighted by molar-refractivity contribution is 0.0977. The van der Waals surface area contributed by atoms with Crippen molar-refractivity contribution in [3.05, 3.63) is 40.3 Å². The molecule has 4 heteroatoms. The van der Waals surface area contributed by atoms with Gasteiger partial charge in [0, 0.05) is 24.5 Å². The molecule has 0 atom stereocenters. The van der Waals surface area contributed by atoms with Gasteiger partial charge in [-0.15, -0.1) is 11.3 Å². The SMILES string of the molecule is Cn1ccc(C(=O)CCc2cccs2)n1. The Balaban J connectivity index is 1.93. The average molecular weight is 220 g/mol. The van der Waals surface area contributed by atoms with Gasteiger partial charge < -0.3 is 0 Å². The molecule has 0 radical (unpaired) electrons. The minimum absolute atomic E-state index is 0.115. The maximum Gasteiger partial charge on any atom is 0.183 e. The summed E-state index contributed by atoms with van der Waals surface area (Å²) in [4.78, 5) is 12.9. The number of thiophene rings is 1. The zero-order valence-corrected chi connectivity index (χ0v) is 9.33. The molecule has 0 spiro atoms. The first kappa shape index (κ1) is 10.1. The van der Waals surface area contributed by atoms with Crippen molar-refractivity contribution in [3.8, 4) is 0 Å². The number of aryl methyl sites for hydroxylation is 2. The van der Waals surface area contributed by atoms with E-state index >= 15 is 0 Å². The number of nitrogens with zero attached hydrogens (tertiary/aromatic N) is 2. The number of rotatable bonds is 4. The third kappa shape index (κ3) is 2.53. The molecule has 2 aromatic heterocycles. The number of aromatic nitrogens is 2. The van der Waals surface area contributed by atoms with Gasteiger partial charge in [-0.1, -0.05) is 6.07 Å². The lowest BCUT2D eigenvalue weighted by Crippen LogP contribution is -2.02. The van der Waals surface area contributed by atoms with Crippen LogP contribution in [-0.2, 0) is 13.5 Å². The molecule has 15 heavy (non-hydrogen) atoms. The fraction of sp³-hybridized carbons (Fsp3) is 0.273. The maximum atomic E-state index is 11.7. The Morgan fingerprint density at radius 1 is 1.53 bits per heavy atom. The molecule has 78 valence electrons. The summed E-state index contributed by atoms with van der Waals surface area (Å²) in [5.41, 5.74) is 0.564. The third-order valence-electron chi connectivity index (χ3n) is 2.18. The number of hydrogen-bond donors (Lipinski definition) is 0. The predicted molar refractivity (Wildman–Crippen MR) is 60.2 cm³/mol. The van der Waals surface area contributed by atoms with E-state index in [9.17, 15) is 4.79 Å². The second kappa shape index (κ2) is 4.40. The molecule has 0 amide bonds. The fourth-order valence-corrected chi connectivity index (χ4v) is 2.09. The van der Waals surface area contributed by atoms with Gasteiger partial charge in [-0.25, -0.2) is 0 Å². The van der Waals surface area contributed by atoms with Gasteiger partial charge in [-0.2, -0.15) is 5.10 Å². The molecular formula is C11H12N2OS. The van der Waals surface area contributed by atoms with Crippen LogP contribution >= 0.6 is 11.3 Å². The molecule has 0 aliphatic carbocycles. The van der Waals surface area contributed by atoms with Crippen molar-refractivity contribution in [3.63, 3.8) is 0 Å². The second-order valence-electron chi connectivity index (χ2n) is 3.38. The van der Waals surface area contributed by atoms with Gasteiger partial charge >= 0.3 is 0 Å². The number of carbonyl (C=O) groups is 1. The van der Waals surface area contributed by atoms with E-state index in [1.807, 2.05) is 18.5 Å². The third-order valence-corrected chi connectivity index (χ3v) is 3.11. The topological polar surface area (TPSA) is 34.9 Å². The second-order valence-corrected chi connectivity index (χ2v) is 4.41. The van der Waals surface area contributed by atoms with E-state index in [4.69, 9.17) is 0 Å². The lowest BCUT2D eigenvalue weighted by atomic mass is 10.1. The first-order valence-electron chi connectivity index (χ1n) is 4.81. The van der Waals surface area contributed by atoms with E-state index in [0.29, 0.717) is 12.1 Å². The molecule has 0 aliphatic rings. The Morgan fingerprint density at radius 2 is 2.40 bits per heavy atom. The van der Waals surface area contributed by atoms with Crippen molar-refractivity contribution in [1.82, 2.24) is 9.78 Å². The first-order valence-corrected chi connectivity index (χ1v) is 5.69. The Kier molecular flexibility index (Phi) is 2.97. The van der Waals surface area contributed by atoms with E-state index < -0.39 is 0 Å². The maximum absolute atomic E-state index is 11.7. The van der Waals surface area contributed by atoms with Crippen LogP contribution in [0.25, 0.3) is 0 Å². The molecular weight excluding hydrogens is 208 g/mol. The number of Topliss-reactive ketones (excluding diaryl/α,β-unsaturated/α-hetero) is 1. The molecule has 0 saturated carbocycles. The van der Waals surface area contributed by atoms with Crippen molar-refractivity contribution in [2.24, 2.45) is 7.05 Å². The Morgan fingerprint density at radius 3 is 3.00 bits per heavy atom. The van der Waals surface area contributed by atoms with E-state index in [1.54, 1.807) is 28.3 Å². The van der Waals surface area contributed by atoms with Gasteiger partial charge in [0.1, 0.15) is 5.69 Å². The highest BCUT2D eigenvalue weighted by atomic mass is 32.1. The number of ketones is 1. The quantitative estimate of drug-likeness (QED) is 0.741. The van der Waals surface area contributed by atoms with Crippen LogP contribution in [0.3, 0.4) is 0 Å². The highest BCUT2D eigenvalue weighted by molar-refractivity contribution is 7.09. The van der Waals surface area contributed by atoms with Crippen LogP contribution in [0.5, 0.6) is 0 Å². The van der Waals surface area contributed by atoms with E-state index in [0.717, 1.165) is 6.42 Å². The normalized spacial score (nSPS) is 10.5. The molecule has 0 unspecified atom stereocenters. The van der Waals surface area contributed by atoms with Crippen LogP contribution in [0.1, 0.15) is 21.8 Å². The molecule has 3 nitrogen and oxygen atoms in total. The van der Waals surface area contributed by atoms with Gasteiger partial charge in [0.2, 0.25) is 0 Å². The predicted octanol–water partition coefficient (Wildman–Crippen LogP) is 2.30. The van der Waals surface area contributed by atoms with Crippen molar-refractivity contribution in [1.29, 1.82) is 0 Å². The molecule has 0 bridgehead atoms. The van der Waals surface area contributed by atoms with Crippen LogP contribution in [-0.4, -0.2) is 15.6 Å². The Labute approximate surface area is 92.4 Å². The first-order chi connectivity index (χ1) is 7.25. The van der Waals surface area contributed by atoms with Gasteiger partial charge in [0.15, 0.2) is 5.78 Å². The van der Waals surface area contributed by atoms with Gasteiger partial charge in [0.05, 0.1) is 0 Å². The van der Waals surface area contributed by atoms with Crippen LogP contribution in [0, 0.1) is 0 Å². The number of carbonyl (C=O) groups excluding carboxylic acids is 1. The zero-order valence-electron chi connectivity index (χ0n) is 8.51. The molecule has 0 aliphatic heterocycles. The average Bonchev–Trinajstić information content (AvgIpc) is 2.84. The molecule has 0 N–H and O–H groups in total. The summed E-state index contributed by atoms with van der Waals surface area (Å²) in [5.74, 6) is 0.115. The smallest absolute Gasteiger partial charge is 0.183 e. The zero-order chi connectivity index (χ0) is 10.7. The Bertz CT molecular complexity index is 445. The molecule has 2 heterocycles. The van der Waals surface area contributed by atoms with Crippen LogP contribution in [0.15, 0.2) is 29.8 Å².